The largest absolute Gasteiger partial charge is 0.467 e. The van der Waals surface area contributed by atoms with Crippen molar-refractivity contribution in [2.75, 3.05) is 26.4 Å². The van der Waals surface area contributed by atoms with Crippen molar-refractivity contribution in [2.24, 2.45) is 5.41 Å². The van der Waals surface area contributed by atoms with Crippen LogP contribution in [0.25, 0.3) is 0 Å². The van der Waals surface area contributed by atoms with Crippen LogP contribution in [0, 0.1) is 5.41 Å². The molecular formula is C7H10O5. The Hall–Kier alpha value is -1.10. The second-order valence-corrected chi connectivity index (χ2v) is 2.81. The van der Waals surface area contributed by atoms with Gasteiger partial charge in [0.05, 0.1) is 18.6 Å². The first kappa shape index (κ1) is 8.99. The van der Waals surface area contributed by atoms with E-state index in [1.54, 1.807) is 0 Å². The molecule has 68 valence electrons. The first-order valence-electron chi connectivity index (χ1n) is 3.51. The van der Waals surface area contributed by atoms with E-state index in [0.29, 0.717) is 26.2 Å². The minimum atomic E-state index is -0.304. The summed E-state index contributed by atoms with van der Waals surface area (Å²) in [5, 5.41) is 0. The number of rotatable bonds is 6. The summed E-state index contributed by atoms with van der Waals surface area (Å²) < 4.78 is 14.1. The molecule has 0 aliphatic carbocycles. The van der Waals surface area contributed by atoms with Gasteiger partial charge in [-0.05, 0) is 0 Å². The van der Waals surface area contributed by atoms with Crippen LogP contribution in [0.4, 0.5) is 0 Å². The molecule has 12 heavy (non-hydrogen) atoms. The van der Waals surface area contributed by atoms with E-state index in [1.165, 1.54) is 0 Å². The topological polar surface area (TPSA) is 61.8 Å². The fraction of sp³-hybridized carbons (Fsp3) is 0.714. The summed E-state index contributed by atoms with van der Waals surface area (Å²) in [5.74, 6) is 0. The SMILES string of the molecule is O=COCC1(COC=O)COC1. The Balaban J connectivity index is 2.28. The zero-order chi connectivity index (χ0) is 8.86. The second kappa shape index (κ2) is 4.06. The Labute approximate surface area is 69.6 Å². The highest BCUT2D eigenvalue weighted by Crippen LogP contribution is 2.27. The minimum Gasteiger partial charge on any atom is -0.467 e. The maximum Gasteiger partial charge on any atom is 0.293 e. The highest BCUT2D eigenvalue weighted by atomic mass is 16.6. The highest BCUT2D eigenvalue weighted by molar-refractivity contribution is 5.38. The lowest BCUT2D eigenvalue weighted by Gasteiger charge is -2.39. The fourth-order valence-corrected chi connectivity index (χ4v) is 1.02. The number of carbonyl (C=O) groups excluding carboxylic acids is 2. The molecule has 1 aliphatic rings. The van der Waals surface area contributed by atoms with E-state index in [0.717, 1.165) is 0 Å². The van der Waals surface area contributed by atoms with Crippen molar-refractivity contribution < 1.29 is 23.8 Å². The van der Waals surface area contributed by atoms with Crippen LogP contribution in [0.5, 0.6) is 0 Å². The van der Waals surface area contributed by atoms with Gasteiger partial charge in [0.15, 0.2) is 0 Å². The van der Waals surface area contributed by atoms with Crippen LogP contribution in [0.3, 0.4) is 0 Å². The smallest absolute Gasteiger partial charge is 0.293 e. The first-order chi connectivity index (χ1) is 5.83. The molecule has 1 rings (SSSR count). The molecule has 0 spiro atoms. The molecule has 1 saturated heterocycles. The second-order valence-electron chi connectivity index (χ2n) is 2.81. The third kappa shape index (κ3) is 1.94. The Kier molecular flexibility index (Phi) is 3.04. The summed E-state index contributed by atoms with van der Waals surface area (Å²) in [6.07, 6.45) is 0. The van der Waals surface area contributed by atoms with Gasteiger partial charge in [0.1, 0.15) is 13.2 Å². The van der Waals surface area contributed by atoms with Crippen molar-refractivity contribution in [2.45, 2.75) is 0 Å². The monoisotopic (exact) mass is 174 g/mol. The van der Waals surface area contributed by atoms with Gasteiger partial charge in [0, 0.05) is 0 Å². The molecule has 0 N–H and O–H groups in total. The molecule has 0 amide bonds. The van der Waals surface area contributed by atoms with Gasteiger partial charge in [0.2, 0.25) is 0 Å². The van der Waals surface area contributed by atoms with Crippen molar-refractivity contribution >= 4 is 12.9 Å². The normalized spacial score (nSPS) is 19.0. The van der Waals surface area contributed by atoms with Gasteiger partial charge < -0.3 is 14.2 Å². The first-order valence-corrected chi connectivity index (χ1v) is 3.51. The predicted molar refractivity (Wildman–Crippen MR) is 37.3 cm³/mol. The molecule has 1 aliphatic heterocycles. The van der Waals surface area contributed by atoms with Crippen LogP contribution in [0.15, 0.2) is 0 Å². The van der Waals surface area contributed by atoms with Gasteiger partial charge >= 0.3 is 0 Å². The van der Waals surface area contributed by atoms with E-state index < -0.39 is 0 Å². The van der Waals surface area contributed by atoms with Gasteiger partial charge in [-0.25, -0.2) is 0 Å². The van der Waals surface area contributed by atoms with Gasteiger partial charge in [-0.2, -0.15) is 0 Å². The van der Waals surface area contributed by atoms with Gasteiger partial charge in [-0.3, -0.25) is 9.59 Å². The summed E-state index contributed by atoms with van der Waals surface area (Å²) in [6.45, 7) is 2.17. The van der Waals surface area contributed by atoms with E-state index in [1.807, 2.05) is 0 Å². The number of hydrogen-bond donors (Lipinski definition) is 0. The van der Waals surface area contributed by atoms with Crippen LogP contribution in [-0.2, 0) is 23.8 Å². The standard InChI is InChI=1S/C7H10O5/c8-5-11-3-7(1-10-2-7)4-12-6-9/h5-6H,1-4H2. The van der Waals surface area contributed by atoms with Gasteiger partial charge in [0.25, 0.3) is 12.9 Å². The third-order valence-electron chi connectivity index (χ3n) is 1.73. The fourth-order valence-electron chi connectivity index (χ4n) is 1.02. The van der Waals surface area contributed by atoms with E-state index in [4.69, 9.17) is 4.74 Å². The molecule has 0 bridgehead atoms. The number of ether oxygens (including phenoxy) is 3. The Morgan fingerprint density at radius 1 is 1.17 bits per heavy atom. The quantitative estimate of drug-likeness (QED) is 0.501. The van der Waals surface area contributed by atoms with Crippen LogP contribution in [-0.4, -0.2) is 39.4 Å². The van der Waals surface area contributed by atoms with Crippen molar-refractivity contribution in [1.82, 2.24) is 0 Å². The van der Waals surface area contributed by atoms with Crippen LogP contribution < -0.4 is 0 Å². The lowest BCUT2D eigenvalue weighted by atomic mass is 9.88. The van der Waals surface area contributed by atoms with Crippen LogP contribution in [0.2, 0.25) is 0 Å². The molecule has 0 saturated carbocycles. The number of carbonyl (C=O) groups is 2. The van der Waals surface area contributed by atoms with Gasteiger partial charge in [-0.1, -0.05) is 0 Å². The zero-order valence-corrected chi connectivity index (χ0v) is 6.52. The zero-order valence-electron chi connectivity index (χ0n) is 6.52. The highest BCUT2D eigenvalue weighted by Gasteiger charge is 2.40. The van der Waals surface area contributed by atoms with Crippen molar-refractivity contribution in [3.63, 3.8) is 0 Å². The minimum absolute atomic E-state index is 0.240. The molecule has 5 heteroatoms. The summed E-state index contributed by atoms with van der Waals surface area (Å²) in [5.41, 5.74) is -0.304. The van der Waals surface area contributed by atoms with Crippen molar-refractivity contribution in [3.8, 4) is 0 Å². The van der Waals surface area contributed by atoms with E-state index in [-0.39, 0.29) is 18.6 Å². The third-order valence-corrected chi connectivity index (χ3v) is 1.73. The number of hydrogen-bond acceptors (Lipinski definition) is 5. The molecule has 0 aromatic rings. The van der Waals surface area contributed by atoms with Crippen LogP contribution in [0.1, 0.15) is 0 Å². The lowest BCUT2D eigenvalue weighted by Crippen LogP contribution is -2.49. The Morgan fingerprint density at radius 3 is 1.92 bits per heavy atom. The summed E-state index contributed by atoms with van der Waals surface area (Å²) in [7, 11) is 0. The molecular weight excluding hydrogens is 164 g/mol. The molecule has 0 atom stereocenters. The predicted octanol–water partition coefficient (Wildman–Crippen LogP) is -0.651. The molecule has 0 aromatic carbocycles. The molecule has 0 unspecified atom stereocenters. The Morgan fingerprint density at radius 2 is 1.67 bits per heavy atom. The van der Waals surface area contributed by atoms with E-state index in [2.05, 4.69) is 9.47 Å². The molecule has 0 radical (unpaired) electrons. The van der Waals surface area contributed by atoms with Crippen LogP contribution >= 0.6 is 0 Å². The maximum atomic E-state index is 9.89. The average molecular weight is 174 g/mol. The van der Waals surface area contributed by atoms with Crippen molar-refractivity contribution in [3.05, 3.63) is 0 Å². The molecule has 1 heterocycles. The lowest BCUT2D eigenvalue weighted by molar-refractivity contribution is -0.179. The molecule has 1 fully saturated rings. The van der Waals surface area contributed by atoms with Gasteiger partial charge in [-0.15, -0.1) is 0 Å². The molecule has 0 aromatic heterocycles. The molecule has 5 nitrogen and oxygen atoms in total. The maximum absolute atomic E-state index is 9.89. The average Bonchev–Trinajstić information content (AvgIpc) is 2.02. The summed E-state index contributed by atoms with van der Waals surface area (Å²) in [6, 6.07) is 0. The van der Waals surface area contributed by atoms with E-state index in [9.17, 15) is 9.59 Å². The summed E-state index contributed by atoms with van der Waals surface area (Å²) >= 11 is 0. The Bertz CT molecular complexity index is 149. The van der Waals surface area contributed by atoms with Crippen molar-refractivity contribution in [1.29, 1.82) is 0 Å². The van der Waals surface area contributed by atoms with E-state index >= 15 is 0 Å². The summed E-state index contributed by atoms with van der Waals surface area (Å²) in [4.78, 5) is 19.8.